The first-order valence-corrected chi connectivity index (χ1v) is 8.21. The van der Waals surface area contributed by atoms with E-state index in [0.717, 1.165) is 25.8 Å². The molecule has 4 heteroatoms. The largest absolute Gasteiger partial charge is 0.371 e. The molecule has 0 aromatic carbocycles. The van der Waals surface area contributed by atoms with E-state index >= 15 is 0 Å². The molecule has 1 aromatic heterocycles. The Hall–Kier alpha value is -0.450. The number of nitrogens with one attached hydrogen (secondary N) is 1. The van der Waals surface area contributed by atoms with Gasteiger partial charge in [0, 0.05) is 18.0 Å². The van der Waals surface area contributed by atoms with E-state index in [4.69, 9.17) is 9.72 Å². The van der Waals surface area contributed by atoms with E-state index in [0.29, 0.717) is 6.04 Å². The Bertz CT molecular complexity index is 410. The predicted molar refractivity (Wildman–Crippen MR) is 80.7 cm³/mol. The van der Waals surface area contributed by atoms with Crippen molar-refractivity contribution in [3.05, 3.63) is 15.6 Å². The summed E-state index contributed by atoms with van der Waals surface area (Å²) in [7, 11) is 1.83. The van der Waals surface area contributed by atoms with Gasteiger partial charge in [0.15, 0.2) is 0 Å². The van der Waals surface area contributed by atoms with Crippen LogP contribution in [-0.2, 0) is 10.3 Å². The molecule has 1 unspecified atom stereocenters. The SMILES string of the molecule is CCCNC(C)c1sc(C2(OC)CCCC2)nc1C. The van der Waals surface area contributed by atoms with Crippen LogP contribution < -0.4 is 5.32 Å². The van der Waals surface area contributed by atoms with Gasteiger partial charge >= 0.3 is 0 Å². The van der Waals surface area contributed by atoms with E-state index in [2.05, 4.69) is 26.1 Å². The summed E-state index contributed by atoms with van der Waals surface area (Å²) in [6.45, 7) is 7.61. The Labute approximate surface area is 120 Å². The second-order valence-corrected chi connectivity index (χ2v) is 6.58. The molecule has 1 fully saturated rings. The molecule has 108 valence electrons. The number of methoxy groups -OCH3 is 1. The number of nitrogens with zero attached hydrogens (tertiary/aromatic N) is 1. The zero-order chi connectivity index (χ0) is 13.9. The standard InChI is InChI=1S/C15H26N2OS/c1-5-10-16-11(2)13-12(3)17-14(19-13)15(18-4)8-6-7-9-15/h11,16H,5-10H2,1-4H3. The number of hydrogen-bond acceptors (Lipinski definition) is 4. The Morgan fingerprint density at radius 1 is 1.42 bits per heavy atom. The van der Waals surface area contributed by atoms with Gasteiger partial charge in [-0.3, -0.25) is 0 Å². The van der Waals surface area contributed by atoms with Crippen molar-refractivity contribution in [3.8, 4) is 0 Å². The second kappa shape index (κ2) is 6.33. The maximum absolute atomic E-state index is 5.84. The molecule has 0 aliphatic heterocycles. The van der Waals surface area contributed by atoms with Crippen molar-refractivity contribution in [2.24, 2.45) is 0 Å². The number of aryl methyl sites for hydroxylation is 1. The third-order valence-corrected chi connectivity index (χ3v) is 5.64. The maximum atomic E-state index is 5.84. The lowest BCUT2D eigenvalue weighted by Gasteiger charge is -2.24. The number of hydrogen-bond donors (Lipinski definition) is 1. The molecule has 1 aliphatic rings. The third-order valence-electron chi connectivity index (χ3n) is 4.12. The average molecular weight is 282 g/mol. The minimum absolute atomic E-state index is 0.0991. The molecule has 0 amide bonds. The van der Waals surface area contributed by atoms with Gasteiger partial charge in [0.05, 0.1) is 5.69 Å². The molecule has 1 heterocycles. The first-order chi connectivity index (χ1) is 9.13. The zero-order valence-corrected chi connectivity index (χ0v) is 13.4. The van der Waals surface area contributed by atoms with E-state index in [1.54, 1.807) is 0 Å². The molecule has 19 heavy (non-hydrogen) atoms. The summed E-state index contributed by atoms with van der Waals surface area (Å²) in [4.78, 5) is 6.19. The molecule has 1 aromatic rings. The normalized spacial score (nSPS) is 19.8. The van der Waals surface area contributed by atoms with Gasteiger partial charge in [0.2, 0.25) is 0 Å². The molecule has 0 saturated heterocycles. The number of thiazole rings is 1. The van der Waals surface area contributed by atoms with E-state index in [1.807, 2.05) is 18.4 Å². The highest BCUT2D eigenvalue weighted by Crippen LogP contribution is 2.44. The lowest BCUT2D eigenvalue weighted by molar-refractivity contribution is -0.00893. The molecular formula is C15H26N2OS. The van der Waals surface area contributed by atoms with Crippen LogP contribution in [0.2, 0.25) is 0 Å². The van der Waals surface area contributed by atoms with Crippen LogP contribution in [0.5, 0.6) is 0 Å². The lowest BCUT2D eigenvalue weighted by atomic mass is 10.0. The van der Waals surface area contributed by atoms with Crippen LogP contribution in [0.25, 0.3) is 0 Å². The summed E-state index contributed by atoms with van der Waals surface area (Å²) in [6.07, 6.45) is 5.91. The highest BCUT2D eigenvalue weighted by Gasteiger charge is 2.39. The number of rotatable bonds is 6. The molecule has 0 spiro atoms. The maximum Gasteiger partial charge on any atom is 0.125 e. The van der Waals surface area contributed by atoms with Gasteiger partial charge in [-0.25, -0.2) is 4.98 Å². The highest BCUT2D eigenvalue weighted by molar-refractivity contribution is 7.12. The Balaban J connectivity index is 2.20. The zero-order valence-electron chi connectivity index (χ0n) is 12.6. The predicted octanol–water partition coefficient (Wildman–Crippen LogP) is 3.93. The van der Waals surface area contributed by atoms with E-state index < -0.39 is 0 Å². The molecule has 0 radical (unpaired) electrons. The van der Waals surface area contributed by atoms with Crippen LogP contribution in [0.3, 0.4) is 0 Å². The topological polar surface area (TPSA) is 34.1 Å². The summed E-state index contributed by atoms with van der Waals surface area (Å²) < 4.78 is 5.84. The molecule has 0 bridgehead atoms. The molecule has 1 atom stereocenters. The van der Waals surface area contributed by atoms with Crippen molar-refractivity contribution < 1.29 is 4.74 Å². The van der Waals surface area contributed by atoms with Crippen LogP contribution >= 0.6 is 11.3 Å². The quantitative estimate of drug-likeness (QED) is 0.858. The van der Waals surface area contributed by atoms with E-state index in [9.17, 15) is 0 Å². The van der Waals surface area contributed by atoms with Crippen LogP contribution in [-0.4, -0.2) is 18.6 Å². The van der Waals surface area contributed by atoms with Crippen LogP contribution in [0.1, 0.15) is 67.6 Å². The smallest absolute Gasteiger partial charge is 0.125 e. The second-order valence-electron chi connectivity index (χ2n) is 5.55. The van der Waals surface area contributed by atoms with Crippen molar-refractivity contribution >= 4 is 11.3 Å². The van der Waals surface area contributed by atoms with Crippen molar-refractivity contribution in [2.45, 2.75) is 64.5 Å². The monoisotopic (exact) mass is 282 g/mol. The fraction of sp³-hybridized carbons (Fsp3) is 0.800. The fourth-order valence-corrected chi connectivity index (χ4v) is 4.23. The van der Waals surface area contributed by atoms with Gasteiger partial charge < -0.3 is 10.1 Å². The van der Waals surface area contributed by atoms with Crippen molar-refractivity contribution in [1.29, 1.82) is 0 Å². The van der Waals surface area contributed by atoms with Crippen LogP contribution in [0.4, 0.5) is 0 Å². The van der Waals surface area contributed by atoms with Gasteiger partial charge in [0.1, 0.15) is 10.6 Å². The Morgan fingerprint density at radius 3 is 2.68 bits per heavy atom. The molecular weight excluding hydrogens is 256 g/mol. The summed E-state index contributed by atoms with van der Waals surface area (Å²) >= 11 is 1.84. The van der Waals surface area contributed by atoms with E-state index in [-0.39, 0.29) is 5.60 Å². The minimum atomic E-state index is -0.0991. The van der Waals surface area contributed by atoms with Crippen molar-refractivity contribution in [3.63, 3.8) is 0 Å². The van der Waals surface area contributed by atoms with Gasteiger partial charge in [-0.05, 0) is 39.7 Å². The summed E-state index contributed by atoms with van der Waals surface area (Å²) in [5.41, 5.74) is 1.07. The van der Waals surface area contributed by atoms with Crippen LogP contribution in [0, 0.1) is 6.92 Å². The molecule has 3 nitrogen and oxygen atoms in total. The fourth-order valence-electron chi connectivity index (χ4n) is 2.91. The summed E-state index contributed by atoms with van der Waals surface area (Å²) in [5.74, 6) is 0. The molecule has 1 saturated carbocycles. The van der Waals surface area contributed by atoms with Crippen LogP contribution in [0.15, 0.2) is 0 Å². The lowest BCUT2D eigenvalue weighted by Crippen LogP contribution is -2.24. The molecule has 1 N–H and O–H groups in total. The van der Waals surface area contributed by atoms with Gasteiger partial charge in [-0.1, -0.05) is 19.8 Å². The number of aromatic nitrogens is 1. The Kier molecular flexibility index (Phi) is 4.98. The average Bonchev–Trinajstić information content (AvgIpc) is 3.03. The summed E-state index contributed by atoms with van der Waals surface area (Å²) in [5, 5.41) is 4.74. The minimum Gasteiger partial charge on any atom is -0.371 e. The van der Waals surface area contributed by atoms with Gasteiger partial charge in [-0.2, -0.15) is 0 Å². The van der Waals surface area contributed by atoms with Gasteiger partial charge in [0.25, 0.3) is 0 Å². The van der Waals surface area contributed by atoms with Crippen molar-refractivity contribution in [2.75, 3.05) is 13.7 Å². The molecule has 1 aliphatic carbocycles. The molecule has 2 rings (SSSR count). The van der Waals surface area contributed by atoms with E-state index in [1.165, 1.54) is 28.4 Å². The highest BCUT2D eigenvalue weighted by atomic mass is 32.1. The first-order valence-electron chi connectivity index (χ1n) is 7.39. The first kappa shape index (κ1) is 14.9. The van der Waals surface area contributed by atoms with Crippen molar-refractivity contribution in [1.82, 2.24) is 10.3 Å². The Morgan fingerprint density at radius 2 is 2.11 bits per heavy atom. The number of ether oxygens (including phenoxy) is 1. The third kappa shape index (κ3) is 3.01. The summed E-state index contributed by atoms with van der Waals surface area (Å²) in [6, 6.07) is 0.390. The van der Waals surface area contributed by atoms with Gasteiger partial charge in [-0.15, -0.1) is 11.3 Å².